The molecule has 0 aliphatic heterocycles. The van der Waals surface area contributed by atoms with Crippen LogP contribution in [0.15, 0.2) is 22.7 Å². The third-order valence-electron chi connectivity index (χ3n) is 4.04. The number of carbonyl (C=O) groups excluding carboxylic acids is 1. The van der Waals surface area contributed by atoms with Crippen LogP contribution in [0.4, 0.5) is 4.39 Å². The molecular weight excluding hydrogens is 363 g/mol. The first-order valence-electron chi connectivity index (χ1n) is 7.79. The zero-order valence-corrected chi connectivity index (χ0v) is 15.9. The highest BCUT2D eigenvalue weighted by molar-refractivity contribution is 9.10. The number of aliphatic hydroxyl groups is 1. The second-order valence-electron chi connectivity index (χ2n) is 6.24. The number of carbonyl (C=O) groups is 1. The Bertz CT molecular complexity index is 543. The van der Waals surface area contributed by atoms with Crippen LogP contribution in [-0.2, 0) is 10.4 Å². The van der Waals surface area contributed by atoms with Gasteiger partial charge in [0.25, 0.3) is 5.91 Å². The molecule has 1 amide bonds. The molecule has 0 saturated heterocycles. The van der Waals surface area contributed by atoms with Crippen LogP contribution >= 0.6 is 15.9 Å². The van der Waals surface area contributed by atoms with E-state index in [9.17, 15) is 14.3 Å². The Balaban J connectivity index is 3.15. The average molecular weight is 389 g/mol. The number of benzene rings is 1. The SMILES string of the molecule is CNC(=O)C(O)(CCN(C(C)C)C(C)C)c1ccc(Br)cc1F. The van der Waals surface area contributed by atoms with Crippen molar-refractivity contribution in [2.75, 3.05) is 13.6 Å². The summed E-state index contributed by atoms with van der Waals surface area (Å²) in [5.41, 5.74) is -1.91. The van der Waals surface area contributed by atoms with E-state index in [0.717, 1.165) is 0 Å². The van der Waals surface area contributed by atoms with Gasteiger partial charge in [0.05, 0.1) is 0 Å². The van der Waals surface area contributed by atoms with Gasteiger partial charge in [-0.15, -0.1) is 0 Å². The number of likely N-dealkylation sites (N-methyl/N-ethyl adjacent to an activating group) is 1. The van der Waals surface area contributed by atoms with Gasteiger partial charge in [0.1, 0.15) is 5.82 Å². The lowest BCUT2D eigenvalue weighted by Gasteiger charge is -2.34. The zero-order valence-electron chi connectivity index (χ0n) is 14.4. The van der Waals surface area contributed by atoms with Crippen molar-refractivity contribution in [3.63, 3.8) is 0 Å². The van der Waals surface area contributed by atoms with Gasteiger partial charge in [0, 0.05) is 42.1 Å². The van der Waals surface area contributed by atoms with Crippen LogP contribution < -0.4 is 5.32 Å². The van der Waals surface area contributed by atoms with E-state index in [4.69, 9.17) is 0 Å². The quantitative estimate of drug-likeness (QED) is 0.754. The molecule has 0 spiro atoms. The maximum Gasteiger partial charge on any atom is 0.256 e. The molecule has 1 aromatic carbocycles. The molecule has 0 aliphatic rings. The van der Waals surface area contributed by atoms with Gasteiger partial charge in [0.15, 0.2) is 5.60 Å². The van der Waals surface area contributed by atoms with E-state index in [1.807, 2.05) is 0 Å². The lowest BCUT2D eigenvalue weighted by atomic mass is 9.88. The van der Waals surface area contributed by atoms with Gasteiger partial charge in [-0.05, 0) is 39.8 Å². The van der Waals surface area contributed by atoms with Crippen molar-refractivity contribution in [3.05, 3.63) is 34.1 Å². The fourth-order valence-electron chi connectivity index (χ4n) is 2.81. The summed E-state index contributed by atoms with van der Waals surface area (Å²) in [5.74, 6) is -1.21. The molecule has 6 heteroatoms. The molecule has 1 unspecified atom stereocenters. The Kier molecular flexibility index (Phi) is 7.17. The molecule has 23 heavy (non-hydrogen) atoms. The molecule has 2 N–H and O–H groups in total. The summed E-state index contributed by atoms with van der Waals surface area (Å²) in [6.45, 7) is 8.70. The van der Waals surface area contributed by atoms with Crippen molar-refractivity contribution < 1.29 is 14.3 Å². The molecule has 1 atom stereocenters. The van der Waals surface area contributed by atoms with Gasteiger partial charge in [-0.2, -0.15) is 0 Å². The fourth-order valence-corrected chi connectivity index (χ4v) is 3.14. The van der Waals surface area contributed by atoms with Crippen molar-refractivity contribution in [1.82, 2.24) is 10.2 Å². The third-order valence-corrected chi connectivity index (χ3v) is 4.53. The van der Waals surface area contributed by atoms with Crippen LogP contribution in [0.5, 0.6) is 0 Å². The molecule has 1 aromatic rings. The van der Waals surface area contributed by atoms with E-state index in [-0.39, 0.29) is 24.1 Å². The van der Waals surface area contributed by atoms with Crippen molar-refractivity contribution in [2.24, 2.45) is 0 Å². The number of nitrogens with one attached hydrogen (secondary N) is 1. The fraction of sp³-hybridized carbons (Fsp3) is 0.588. The highest BCUT2D eigenvalue weighted by atomic mass is 79.9. The standard InChI is InChI=1S/C17H26BrFN2O2/c1-11(2)21(12(3)4)9-8-17(23,16(22)20-5)14-7-6-13(18)10-15(14)19/h6-7,10-12,23H,8-9H2,1-5H3,(H,20,22). The molecular formula is C17H26BrFN2O2. The van der Waals surface area contributed by atoms with E-state index in [1.54, 1.807) is 6.07 Å². The van der Waals surface area contributed by atoms with Crippen molar-refractivity contribution in [3.8, 4) is 0 Å². The highest BCUT2D eigenvalue weighted by Crippen LogP contribution is 2.30. The summed E-state index contributed by atoms with van der Waals surface area (Å²) in [6, 6.07) is 4.85. The minimum atomic E-state index is -1.90. The number of nitrogens with zero attached hydrogens (tertiary/aromatic N) is 1. The van der Waals surface area contributed by atoms with Crippen molar-refractivity contribution >= 4 is 21.8 Å². The molecule has 130 valence electrons. The molecule has 0 fully saturated rings. The summed E-state index contributed by atoms with van der Waals surface area (Å²) in [5, 5.41) is 13.4. The number of hydrogen-bond donors (Lipinski definition) is 2. The van der Waals surface area contributed by atoms with Gasteiger partial charge in [0.2, 0.25) is 0 Å². The average Bonchev–Trinajstić information content (AvgIpc) is 2.45. The third kappa shape index (κ3) is 4.75. The summed E-state index contributed by atoms with van der Waals surface area (Å²) in [6.07, 6.45) is 0.113. The lowest BCUT2D eigenvalue weighted by molar-refractivity contribution is -0.142. The van der Waals surface area contributed by atoms with Crippen LogP contribution in [0.1, 0.15) is 39.7 Å². The summed E-state index contributed by atoms with van der Waals surface area (Å²) < 4.78 is 14.9. The predicted octanol–water partition coefficient (Wildman–Crippen LogP) is 3.03. The van der Waals surface area contributed by atoms with Crippen LogP contribution in [0, 0.1) is 5.82 Å². The number of hydrogen-bond acceptors (Lipinski definition) is 3. The van der Waals surface area contributed by atoms with Crippen molar-refractivity contribution in [2.45, 2.75) is 51.8 Å². The topological polar surface area (TPSA) is 52.6 Å². The van der Waals surface area contributed by atoms with Crippen LogP contribution in [-0.4, -0.2) is 41.6 Å². The summed E-state index contributed by atoms with van der Waals surface area (Å²) in [7, 11) is 1.44. The van der Waals surface area contributed by atoms with Crippen molar-refractivity contribution in [1.29, 1.82) is 0 Å². The van der Waals surface area contributed by atoms with E-state index in [2.05, 4.69) is 53.8 Å². The molecule has 0 aliphatic carbocycles. The highest BCUT2D eigenvalue weighted by Gasteiger charge is 2.40. The molecule has 0 saturated carbocycles. The molecule has 0 radical (unpaired) electrons. The number of halogens is 2. The Morgan fingerprint density at radius 1 is 1.35 bits per heavy atom. The van der Waals surface area contributed by atoms with Crippen LogP contribution in [0.25, 0.3) is 0 Å². The van der Waals surface area contributed by atoms with Gasteiger partial charge < -0.3 is 10.4 Å². The normalized spacial score (nSPS) is 14.4. The predicted molar refractivity (Wildman–Crippen MR) is 93.7 cm³/mol. The number of amides is 1. The first kappa shape index (κ1) is 20.1. The molecule has 0 bridgehead atoms. The Labute approximate surface area is 146 Å². The van der Waals surface area contributed by atoms with Crippen LogP contribution in [0.2, 0.25) is 0 Å². The Morgan fingerprint density at radius 2 is 1.91 bits per heavy atom. The summed E-state index contributed by atoms with van der Waals surface area (Å²) >= 11 is 3.19. The van der Waals surface area contributed by atoms with Crippen LogP contribution in [0.3, 0.4) is 0 Å². The molecule has 4 nitrogen and oxygen atoms in total. The number of rotatable bonds is 7. The largest absolute Gasteiger partial charge is 0.375 e. The monoisotopic (exact) mass is 388 g/mol. The van der Waals surface area contributed by atoms with E-state index in [1.165, 1.54) is 19.2 Å². The second kappa shape index (κ2) is 8.22. The first-order chi connectivity index (χ1) is 10.6. The molecule has 1 rings (SSSR count). The maximum absolute atomic E-state index is 14.3. The minimum Gasteiger partial charge on any atom is -0.375 e. The summed E-state index contributed by atoms with van der Waals surface area (Å²) in [4.78, 5) is 14.4. The smallest absolute Gasteiger partial charge is 0.256 e. The Hall–Kier alpha value is -0.980. The molecule has 0 heterocycles. The molecule has 0 aromatic heterocycles. The van der Waals surface area contributed by atoms with E-state index < -0.39 is 17.3 Å². The minimum absolute atomic E-state index is 0.00693. The zero-order chi connectivity index (χ0) is 17.8. The van der Waals surface area contributed by atoms with Gasteiger partial charge >= 0.3 is 0 Å². The lowest BCUT2D eigenvalue weighted by Crippen LogP contribution is -2.47. The van der Waals surface area contributed by atoms with Gasteiger partial charge in [-0.3, -0.25) is 9.69 Å². The van der Waals surface area contributed by atoms with Gasteiger partial charge in [-0.25, -0.2) is 4.39 Å². The van der Waals surface area contributed by atoms with Gasteiger partial charge in [-0.1, -0.05) is 22.0 Å². The first-order valence-corrected chi connectivity index (χ1v) is 8.58. The van der Waals surface area contributed by atoms with E-state index >= 15 is 0 Å². The maximum atomic E-state index is 14.3. The van der Waals surface area contributed by atoms with E-state index in [0.29, 0.717) is 11.0 Å². The second-order valence-corrected chi connectivity index (χ2v) is 7.15. The Morgan fingerprint density at radius 3 is 2.35 bits per heavy atom.